The van der Waals surface area contributed by atoms with Gasteiger partial charge in [-0.1, -0.05) is 17.7 Å². The third-order valence-electron chi connectivity index (χ3n) is 4.41. The van der Waals surface area contributed by atoms with Crippen LogP contribution in [0.25, 0.3) is 0 Å². The van der Waals surface area contributed by atoms with Gasteiger partial charge in [0.05, 0.1) is 11.7 Å². The smallest absolute Gasteiger partial charge is 0.129 e. The zero-order chi connectivity index (χ0) is 16.2. The van der Waals surface area contributed by atoms with Crippen molar-refractivity contribution in [3.05, 3.63) is 58.9 Å². The lowest BCUT2D eigenvalue weighted by Gasteiger charge is -2.37. The van der Waals surface area contributed by atoms with Crippen LogP contribution in [0.1, 0.15) is 24.2 Å². The Kier molecular flexibility index (Phi) is 5.20. The maximum Gasteiger partial charge on any atom is 0.129 e. The Morgan fingerprint density at radius 1 is 1.22 bits per heavy atom. The van der Waals surface area contributed by atoms with Crippen molar-refractivity contribution in [2.75, 3.05) is 26.2 Å². The molecule has 0 bridgehead atoms. The summed E-state index contributed by atoms with van der Waals surface area (Å²) in [4.78, 5) is 13.1. The first-order valence-corrected chi connectivity index (χ1v) is 8.18. The molecule has 122 valence electrons. The number of aromatic nitrogens is 2. The average molecular weight is 335 g/mol. The van der Waals surface area contributed by atoms with Crippen LogP contribution in [0.4, 0.5) is 4.39 Å². The molecule has 2 heterocycles. The van der Waals surface area contributed by atoms with Gasteiger partial charge in [0.2, 0.25) is 0 Å². The molecule has 2 aromatic rings. The summed E-state index contributed by atoms with van der Waals surface area (Å²) in [6.07, 6.45) is 5.23. The molecule has 1 aromatic heterocycles. The fourth-order valence-electron chi connectivity index (χ4n) is 2.93. The van der Waals surface area contributed by atoms with Gasteiger partial charge >= 0.3 is 0 Å². The summed E-state index contributed by atoms with van der Waals surface area (Å²) in [7, 11) is 0. The summed E-state index contributed by atoms with van der Waals surface area (Å²) in [5.41, 5.74) is 1.57. The highest BCUT2D eigenvalue weighted by molar-refractivity contribution is 6.31. The van der Waals surface area contributed by atoms with Crippen LogP contribution in [-0.2, 0) is 6.54 Å². The van der Waals surface area contributed by atoms with Gasteiger partial charge in [0.15, 0.2) is 0 Å². The van der Waals surface area contributed by atoms with Gasteiger partial charge in [0.25, 0.3) is 0 Å². The highest BCUT2D eigenvalue weighted by atomic mass is 35.5. The van der Waals surface area contributed by atoms with Crippen LogP contribution in [-0.4, -0.2) is 45.9 Å². The SMILES string of the molecule is C[C@H](c1cnccn1)N1CCN(Cc2c(F)cccc2Cl)CC1. The Hall–Kier alpha value is -1.56. The molecule has 1 atom stereocenters. The lowest BCUT2D eigenvalue weighted by atomic mass is 10.1. The van der Waals surface area contributed by atoms with Gasteiger partial charge in [-0.05, 0) is 19.1 Å². The number of hydrogen-bond donors (Lipinski definition) is 0. The largest absolute Gasteiger partial charge is 0.296 e. The lowest BCUT2D eigenvalue weighted by molar-refractivity contribution is 0.0956. The molecule has 1 aliphatic heterocycles. The van der Waals surface area contributed by atoms with E-state index >= 15 is 0 Å². The normalized spacial score (nSPS) is 18.0. The molecule has 3 rings (SSSR count). The van der Waals surface area contributed by atoms with Gasteiger partial charge in [0.1, 0.15) is 5.82 Å². The van der Waals surface area contributed by atoms with Crippen LogP contribution in [0.3, 0.4) is 0 Å². The second-order valence-electron chi connectivity index (χ2n) is 5.82. The quantitative estimate of drug-likeness (QED) is 0.859. The number of piperazine rings is 1. The van der Waals surface area contributed by atoms with Gasteiger partial charge in [-0.3, -0.25) is 19.8 Å². The van der Waals surface area contributed by atoms with E-state index in [-0.39, 0.29) is 11.9 Å². The van der Waals surface area contributed by atoms with E-state index in [0.29, 0.717) is 17.1 Å². The summed E-state index contributed by atoms with van der Waals surface area (Å²) in [5.74, 6) is -0.229. The predicted molar refractivity (Wildman–Crippen MR) is 88.7 cm³/mol. The van der Waals surface area contributed by atoms with Crippen molar-refractivity contribution in [1.82, 2.24) is 19.8 Å². The average Bonchev–Trinajstić information content (AvgIpc) is 2.59. The standard InChI is InChI=1S/C17H20ClFN4/c1-13(17-11-20-5-6-21-17)23-9-7-22(8-10-23)12-14-15(18)3-2-4-16(14)19/h2-6,11,13H,7-10,12H2,1H3/t13-/m1/s1. The summed E-state index contributed by atoms with van der Waals surface area (Å²) >= 11 is 6.12. The topological polar surface area (TPSA) is 32.3 Å². The molecule has 1 fully saturated rings. The molecular formula is C17H20ClFN4. The monoisotopic (exact) mass is 334 g/mol. The Morgan fingerprint density at radius 3 is 2.65 bits per heavy atom. The van der Waals surface area contributed by atoms with Crippen LogP contribution < -0.4 is 0 Å². The van der Waals surface area contributed by atoms with E-state index in [1.54, 1.807) is 24.5 Å². The second-order valence-corrected chi connectivity index (χ2v) is 6.23. The third kappa shape index (κ3) is 3.86. The second kappa shape index (κ2) is 7.34. The van der Waals surface area contributed by atoms with Gasteiger partial charge in [-0.15, -0.1) is 0 Å². The first kappa shape index (κ1) is 16.3. The Balaban J connectivity index is 1.58. The van der Waals surface area contributed by atoms with E-state index in [4.69, 9.17) is 11.6 Å². The van der Waals surface area contributed by atoms with Crippen molar-refractivity contribution in [3.63, 3.8) is 0 Å². The molecule has 4 nitrogen and oxygen atoms in total. The zero-order valence-electron chi connectivity index (χ0n) is 13.1. The molecule has 6 heteroatoms. The molecule has 0 aliphatic carbocycles. The first-order chi connectivity index (χ1) is 11.1. The molecule has 0 radical (unpaired) electrons. The predicted octanol–water partition coefficient (Wildman–Crippen LogP) is 3.15. The van der Waals surface area contributed by atoms with Gasteiger partial charge < -0.3 is 0 Å². The maximum atomic E-state index is 13.9. The summed E-state index contributed by atoms with van der Waals surface area (Å²) in [6, 6.07) is 5.09. The van der Waals surface area contributed by atoms with E-state index in [1.807, 2.05) is 6.20 Å². The molecular weight excluding hydrogens is 315 g/mol. The van der Waals surface area contributed by atoms with Crippen molar-refractivity contribution < 1.29 is 4.39 Å². The third-order valence-corrected chi connectivity index (χ3v) is 4.76. The van der Waals surface area contributed by atoms with E-state index < -0.39 is 0 Å². The van der Waals surface area contributed by atoms with Crippen molar-refractivity contribution >= 4 is 11.6 Å². The number of nitrogens with zero attached hydrogens (tertiary/aromatic N) is 4. The Bertz CT molecular complexity index is 624. The van der Waals surface area contributed by atoms with Crippen LogP contribution in [0, 0.1) is 5.82 Å². The number of hydrogen-bond acceptors (Lipinski definition) is 4. The van der Waals surface area contributed by atoms with Gasteiger partial charge in [-0.25, -0.2) is 4.39 Å². The van der Waals surface area contributed by atoms with E-state index in [0.717, 1.165) is 31.9 Å². The van der Waals surface area contributed by atoms with Crippen molar-refractivity contribution in [2.45, 2.75) is 19.5 Å². The molecule has 23 heavy (non-hydrogen) atoms. The molecule has 0 amide bonds. The molecule has 0 spiro atoms. The van der Waals surface area contributed by atoms with Crippen LogP contribution >= 0.6 is 11.6 Å². The minimum atomic E-state index is -0.229. The minimum absolute atomic E-state index is 0.229. The number of rotatable bonds is 4. The minimum Gasteiger partial charge on any atom is -0.296 e. The van der Waals surface area contributed by atoms with Crippen LogP contribution in [0.15, 0.2) is 36.8 Å². The molecule has 0 unspecified atom stereocenters. The first-order valence-electron chi connectivity index (χ1n) is 7.80. The van der Waals surface area contributed by atoms with E-state index in [9.17, 15) is 4.39 Å². The Labute approximate surface area is 140 Å². The highest BCUT2D eigenvalue weighted by Crippen LogP contribution is 2.23. The van der Waals surface area contributed by atoms with E-state index in [2.05, 4.69) is 26.7 Å². The Morgan fingerprint density at radius 2 is 2.00 bits per heavy atom. The summed E-state index contributed by atoms with van der Waals surface area (Å²) in [6.45, 7) is 6.31. The zero-order valence-corrected chi connectivity index (χ0v) is 13.9. The fourth-order valence-corrected chi connectivity index (χ4v) is 3.15. The number of halogens is 2. The molecule has 0 N–H and O–H groups in total. The van der Waals surface area contributed by atoms with Crippen molar-refractivity contribution in [2.24, 2.45) is 0 Å². The molecule has 0 saturated carbocycles. The molecule has 1 aromatic carbocycles. The van der Waals surface area contributed by atoms with E-state index in [1.165, 1.54) is 6.07 Å². The van der Waals surface area contributed by atoms with Crippen molar-refractivity contribution in [3.8, 4) is 0 Å². The fraction of sp³-hybridized carbons (Fsp3) is 0.412. The van der Waals surface area contributed by atoms with Crippen LogP contribution in [0.2, 0.25) is 5.02 Å². The highest BCUT2D eigenvalue weighted by Gasteiger charge is 2.23. The lowest BCUT2D eigenvalue weighted by Crippen LogP contribution is -2.46. The van der Waals surface area contributed by atoms with Crippen molar-refractivity contribution in [1.29, 1.82) is 0 Å². The molecule has 1 aliphatic rings. The van der Waals surface area contributed by atoms with Crippen LogP contribution in [0.5, 0.6) is 0 Å². The maximum absolute atomic E-state index is 13.9. The molecule has 1 saturated heterocycles. The summed E-state index contributed by atoms with van der Waals surface area (Å²) < 4.78 is 13.9. The number of benzene rings is 1. The van der Waals surface area contributed by atoms with Gasteiger partial charge in [-0.2, -0.15) is 0 Å². The summed E-state index contributed by atoms with van der Waals surface area (Å²) in [5, 5.41) is 0.500. The van der Waals surface area contributed by atoms with Gasteiger partial charge in [0, 0.05) is 61.9 Å².